The lowest BCUT2D eigenvalue weighted by Crippen LogP contribution is -2.07. The van der Waals surface area contributed by atoms with E-state index < -0.39 is 0 Å². The predicted octanol–water partition coefficient (Wildman–Crippen LogP) is 4.76. The molecule has 18 heavy (non-hydrogen) atoms. The van der Waals surface area contributed by atoms with E-state index in [1.807, 2.05) is 37.3 Å². The van der Waals surface area contributed by atoms with Gasteiger partial charge in [0.25, 0.3) is 0 Å². The molecule has 0 aliphatic heterocycles. The molecule has 1 aromatic carbocycles. The molecule has 2 rings (SSSR count). The van der Waals surface area contributed by atoms with Gasteiger partial charge in [-0.25, -0.2) is 0 Å². The topological polar surface area (TPSA) is 35.2 Å². The van der Waals surface area contributed by atoms with Crippen molar-refractivity contribution in [1.82, 2.24) is 0 Å². The van der Waals surface area contributed by atoms with Crippen molar-refractivity contribution in [2.45, 2.75) is 19.6 Å². The fourth-order valence-electron chi connectivity index (χ4n) is 1.59. The number of ether oxygens (including phenoxy) is 1. The van der Waals surface area contributed by atoms with Gasteiger partial charge in [0.05, 0.1) is 4.34 Å². The zero-order valence-electron chi connectivity index (χ0n) is 9.82. The van der Waals surface area contributed by atoms with E-state index in [-0.39, 0.29) is 6.04 Å². The highest BCUT2D eigenvalue weighted by Gasteiger charge is 2.09. The fourth-order valence-corrected chi connectivity index (χ4v) is 2.93. The second-order valence-corrected chi connectivity index (χ2v) is 6.68. The van der Waals surface area contributed by atoms with Crippen molar-refractivity contribution in [3.8, 4) is 5.75 Å². The van der Waals surface area contributed by atoms with Gasteiger partial charge in [0.1, 0.15) is 12.4 Å². The highest BCUT2D eigenvalue weighted by atomic mass is 79.9. The van der Waals surface area contributed by atoms with Crippen molar-refractivity contribution < 1.29 is 4.74 Å². The van der Waals surface area contributed by atoms with Crippen molar-refractivity contribution >= 4 is 38.9 Å². The largest absolute Gasteiger partial charge is 0.488 e. The van der Waals surface area contributed by atoms with E-state index in [4.69, 9.17) is 22.1 Å². The Morgan fingerprint density at radius 1 is 1.39 bits per heavy atom. The van der Waals surface area contributed by atoms with E-state index in [0.29, 0.717) is 6.61 Å². The van der Waals surface area contributed by atoms with Crippen molar-refractivity contribution in [2.24, 2.45) is 5.73 Å². The van der Waals surface area contributed by atoms with Crippen molar-refractivity contribution in [1.29, 1.82) is 0 Å². The van der Waals surface area contributed by atoms with Crippen LogP contribution in [0.5, 0.6) is 5.75 Å². The van der Waals surface area contributed by atoms with Crippen LogP contribution in [0.15, 0.2) is 34.8 Å². The Morgan fingerprint density at radius 2 is 2.17 bits per heavy atom. The first-order valence-electron chi connectivity index (χ1n) is 5.48. The van der Waals surface area contributed by atoms with E-state index in [1.54, 1.807) is 0 Å². The zero-order chi connectivity index (χ0) is 13.1. The summed E-state index contributed by atoms with van der Waals surface area (Å²) in [6.07, 6.45) is 0. The summed E-state index contributed by atoms with van der Waals surface area (Å²) >= 11 is 10.8. The van der Waals surface area contributed by atoms with Crippen LogP contribution in [0.25, 0.3) is 0 Å². The Morgan fingerprint density at radius 3 is 2.78 bits per heavy atom. The summed E-state index contributed by atoms with van der Waals surface area (Å²) < 4.78 is 7.57. The zero-order valence-corrected chi connectivity index (χ0v) is 13.0. The van der Waals surface area contributed by atoms with Crippen molar-refractivity contribution in [2.75, 3.05) is 0 Å². The third-order valence-electron chi connectivity index (χ3n) is 2.46. The summed E-state index contributed by atoms with van der Waals surface area (Å²) in [7, 11) is 0. The maximum Gasteiger partial charge on any atom is 0.125 e. The average molecular weight is 347 g/mol. The second kappa shape index (κ2) is 6.06. The molecule has 0 amide bonds. The third kappa shape index (κ3) is 3.48. The normalized spacial score (nSPS) is 12.4. The Bertz CT molecular complexity index is 542. The highest BCUT2D eigenvalue weighted by molar-refractivity contribution is 9.10. The summed E-state index contributed by atoms with van der Waals surface area (Å²) in [4.78, 5) is 1.09. The fraction of sp³-hybridized carbons (Fsp3) is 0.231. The van der Waals surface area contributed by atoms with E-state index in [1.165, 1.54) is 11.3 Å². The van der Waals surface area contributed by atoms with Crippen molar-refractivity contribution in [3.63, 3.8) is 0 Å². The SMILES string of the molecule is C[C@H](N)c1ccc(Br)cc1OCc1ccc(Cl)s1. The maximum absolute atomic E-state index is 5.92. The summed E-state index contributed by atoms with van der Waals surface area (Å²) in [6.45, 7) is 2.45. The number of thiophene rings is 1. The molecule has 0 aliphatic rings. The number of hydrogen-bond acceptors (Lipinski definition) is 3. The van der Waals surface area contributed by atoms with Gasteiger partial charge in [-0.15, -0.1) is 11.3 Å². The van der Waals surface area contributed by atoms with Crippen LogP contribution in [0, 0.1) is 0 Å². The van der Waals surface area contributed by atoms with Crippen LogP contribution in [0.3, 0.4) is 0 Å². The molecule has 0 unspecified atom stereocenters. The molecule has 0 aliphatic carbocycles. The summed E-state index contributed by atoms with van der Waals surface area (Å²) in [5, 5.41) is 0. The van der Waals surface area contributed by atoms with Crippen LogP contribution >= 0.6 is 38.9 Å². The van der Waals surface area contributed by atoms with Gasteiger partial charge in [-0.1, -0.05) is 33.6 Å². The molecule has 0 spiro atoms. The summed E-state index contributed by atoms with van der Waals surface area (Å²) in [5.41, 5.74) is 6.92. The molecular weight excluding hydrogens is 334 g/mol. The van der Waals surface area contributed by atoms with Crippen LogP contribution < -0.4 is 10.5 Å². The van der Waals surface area contributed by atoms with Crippen LogP contribution in [0.1, 0.15) is 23.4 Å². The Labute approximate surface area is 124 Å². The van der Waals surface area contributed by atoms with E-state index in [0.717, 1.165) is 25.0 Å². The Kier molecular flexibility index (Phi) is 4.67. The molecule has 1 aromatic heterocycles. The first-order chi connectivity index (χ1) is 8.56. The van der Waals surface area contributed by atoms with Gasteiger partial charge in [-0.05, 0) is 31.2 Å². The first kappa shape index (κ1) is 13.9. The lowest BCUT2D eigenvalue weighted by atomic mass is 10.1. The van der Waals surface area contributed by atoms with Gasteiger partial charge in [0.2, 0.25) is 0 Å². The van der Waals surface area contributed by atoms with Crippen LogP contribution in [0.2, 0.25) is 4.34 Å². The molecule has 2 N–H and O–H groups in total. The van der Waals surface area contributed by atoms with Gasteiger partial charge >= 0.3 is 0 Å². The molecule has 1 atom stereocenters. The molecular formula is C13H13BrClNOS. The summed E-state index contributed by atoms with van der Waals surface area (Å²) in [6, 6.07) is 9.67. The smallest absolute Gasteiger partial charge is 0.125 e. The van der Waals surface area contributed by atoms with Crippen molar-refractivity contribution in [3.05, 3.63) is 49.6 Å². The number of nitrogens with two attached hydrogens (primary N) is 1. The molecule has 0 saturated heterocycles. The number of benzene rings is 1. The first-order valence-corrected chi connectivity index (χ1v) is 7.47. The molecule has 2 aromatic rings. The van der Waals surface area contributed by atoms with Gasteiger partial charge in [-0.3, -0.25) is 0 Å². The van der Waals surface area contributed by atoms with Gasteiger partial charge in [0.15, 0.2) is 0 Å². The molecule has 0 bridgehead atoms. The lowest BCUT2D eigenvalue weighted by molar-refractivity contribution is 0.305. The number of hydrogen-bond donors (Lipinski definition) is 1. The second-order valence-electron chi connectivity index (χ2n) is 3.97. The minimum Gasteiger partial charge on any atom is -0.488 e. The molecule has 1 heterocycles. The lowest BCUT2D eigenvalue weighted by Gasteiger charge is -2.14. The molecule has 0 radical (unpaired) electrons. The van der Waals surface area contributed by atoms with E-state index >= 15 is 0 Å². The Hall–Kier alpha value is -0.550. The van der Waals surface area contributed by atoms with Gasteiger partial charge in [0, 0.05) is 21.0 Å². The van der Waals surface area contributed by atoms with Gasteiger partial charge < -0.3 is 10.5 Å². The molecule has 0 saturated carbocycles. The monoisotopic (exact) mass is 345 g/mol. The summed E-state index contributed by atoms with van der Waals surface area (Å²) in [5.74, 6) is 0.809. The highest BCUT2D eigenvalue weighted by Crippen LogP contribution is 2.29. The number of rotatable bonds is 4. The molecule has 5 heteroatoms. The van der Waals surface area contributed by atoms with E-state index in [9.17, 15) is 0 Å². The van der Waals surface area contributed by atoms with Gasteiger partial charge in [-0.2, -0.15) is 0 Å². The Balaban J connectivity index is 2.15. The third-order valence-corrected chi connectivity index (χ3v) is 4.16. The predicted molar refractivity (Wildman–Crippen MR) is 80.4 cm³/mol. The van der Waals surface area contributed by atoms with Crippen LogP contribution in [0.4, 0.5) is 0 Å². The minimum absolute atomic E-state index is 0.0555. The maximum atomic E-state index is 5.92. The van der Waals surface area contributed by atoms with Crippen LogP contribution in [-0.4, -0.2) is 0 Å². The molecule has 0 fully saturated rings. The minimum atomic E-state index is -0.0555. The number of halogens is 2. The standard InChI is InChI=1S/C13H13BrClNOS/c1-8(16)11-4-2-9(14)6-12(11)17-7-10-3-5-13(15)18-10/h2-6,8H,7,16H2,1H3/t8-/m0/s1. The molecule has 96 valence electrons. The average Bonchev–Trinajstić information content (AvgIpc) is 2.72. The van der Waals surface area contributed by atoms with E-state index in [2.05, 4.69) is 15.9 Å². The quantitative estimate of drug-likeness (QED) is 0.866. The van der Waals surface area contributed by atoms with Crippen LogP contribution in [-0.2, 0) is 6.61 Å². The molecule has 2 nitrogen and oxygen atoms in total.